The van der Waals surface area contributed by atoms with E-state index in [9.17, 15) is 23.1 Å². The summed E-state index contributed by atoms with van der Waals surface area (Å²) in [6.45, 7) is 0. The summed E-state index contributed by atoms with van der Waals surface area (Å²) < 4.78 is 44.5. The maximum absolute atomic E-state index is 12.9. The van der Waals surface area contributed by atoms with Crippen LogP contribution in [0.15, 0.2) is 71.1 Å². The molecule has 1 aromatic heterocycles. The number of aromatic nitrogens is 1. The van der Waals surface area contributed by atoms with Gasteiger partial charge < -0.3 is 9.52 Å². The van der Waals surface area contributed by atoms with Gasteiger partial charge in [0.1, 0.15) is 5.52 Å². The number of carboxylic acid groups (broad SMARTS) is 1. The van der Waals surface area contributed by atoms with Gasteiger partial charge in [-0.25, -0.2) is 9.78 Å². The van der Waals surface area contributed by atoms with Gasteiger partial charge in [0.2, 0.25) is 0 Å². The van der Waals surface area contributed by atoms with E-state index in [0.717, 1.165) is 12.1 Å². The van der Waals surface area contributed by atoms with Crippen LogP contribution >= 0.6 is 0 Å². The molecule has 0 spiro atoms. The Morgan fingerprint density at radius 1 is 1.00 bits per heavy atom. The van der Waals surface area contributed by atoms with Crippen molar-refractivity contribution in [2.75, 3.05) is 0 Å². The van der Waals surface area contributed by atoms with Crippen LogP contribution in [-0.4, -0.2) is 16.1 Å². The molecule has 0 radical (unpaired) electrons. The van der Waals surface area contributed by atoms with E-state index in [2.05, 4.69) is 4.98 Å². The fourth-order valence-corrected chi connectivity index (χ4v) is 3.16. The zero-order chi connectivity index (χ0) is 20.6. The fraction of sp³-hybridized carbons (Fsp3) is 0.0909. The summed E-state index contributed by atoms with van der Waals surface area (Å²) in [5.74, 6) is -0.759. The summed E-state index contributed by atoms with van der Waals surface area (Å²) in [7, 11) is 0. The Hall–Kier alpha value is -3.61. The first-order valence-electron chi connectivity index (χ1n) is 8.69. The highest BCUT2D eigenvalue weighted by molar-refractivity contribution is 5.94. The van der Waals surface area contributed by atoms with E-state index in [1.807, 2.05) is 0 Å². The fourth-order valence-electron chi connectivity index (χ4n) is 3.16. The molecule has 0 unspecified atom stereocenters. The van der Waals surface area contributed by atoms with Gasteiger partial charge in [0.25, 0.3) is 0 Å². The van der Waals surface area contributed by atoms with Crippen molar-refractivity contribution in [1.82, 2.24) is 4.98 Å². The molecule has 0 fully saturated rings. The number of halogens is 3. The van der Waals surface area contributed by atoms with Gasteiger partial charge in [-0.15, -0.1) is 0 Å². The molecule has 0 aliphatic heterocycles. The number of para-hydroxylation sites is 1. The Balaban J connectivity index is 1.72. The zero-order valence-electron chi connectivity index (χ0n) is 14.9. The molecule has 146 valence electrons. The van der Waals surface area contributed by atoms with Gasteiger partial charge in [-0.05, 0) is 35.4 Å². The highest BCUT2D eigenvalue weighted by atomic mass is 19.4. The van der Waals surface area contributed by atoms with E-state index in [-0.39, 0.29) is 17.9 Å². The number of hydrogen-bond acceptors (Lipinski definition) is 3. The lowest BCUT2D eigenvalue weighted by Gasteiger charge is -2.07. The molecule has 7 heteroatoms. The first kappa shape index (κ1) is 18.7. The van der Waals surface area contributed by atoms with Crippen LogP contribution in [0.1, 0.15) is 27.4 Å². The largest absolute Gasteiger partial charge is 0.478 e. The summed E-state index contributed by atoms with van der Waals surface area (Å²) in [5.41, 5.74) is 2.20. The van der Waals surface area contributed by atoms with E-state index >= 15 is 0 Å². The van der Waals surface area contributed by atoms with E-state index in [1.54, 1.807) is 36.4 Å². The molecule has 1 N–H and O–H groups in total. The Labute approximate surface area is 163 Å². The monoisotopic (exact) mass is 397 g/mol. The normalized spacial score (nSPS) is 11.7. The lowest BCUT2D eigenvalue weighted by Crippen LogP contribution is -2.05. The van der Waals surface area contributed by atoms with Gasteiger partial charge in [-0.3, -0.25) is 0 Å². The summed E-state index contributed by atoms with van der Waals surface area (Å²) in [6, 6.07) is 16.7. The summed E-state index contributed by atoms with van der Waals surface area (Å²) in [4.78, 5) is 15.7. The molecule has 0 aliphatic rings. The van der Waals surface area contributed by atoms with E-state index in [1.165, 1.54) is 18.2 Å². The maximum Gasteiger partial charge on any atom is 0.416 e. The van der Waals surface area contributed by atoms with Gasteiger partial charge in [-0.2, -0.15) is 13.2 Å². The van der Waals surface area contributed by atoms with Gasteiger partial charge in [0, 0.05) is 12.0 Å². The summed E-state index contributed by atoms with van der Waals surface area (Å²) >= 11 is 0. The van der Waals surface area contributed by atoms with Gasteiger partial charge in [0.05, 0.1) is 11.1 Å². The number of nitrogens with zero attached hydrogens (tertiary/aromatic N) is 1. The first-order valence-corrected chi connectivity index (χ1v) is 8.69. The lowest BCUT2D eigenvalue weighted by molar-refractivity contribution is -0.137. The SMILES string of the molecule is O=C(O)c1cccc(-c2cccc3oc(Cc4cccc(C(F)(F)F)c4)nc23)c1. The minimum absolute atomic E-state index is 0.104. The number of fused-ring (bicyclic) bond motifs is 1. The molecule has 1 heterocycles. The molecule has 29 heavy (non-hydrogen) atoms. The van der Waals surface area contributed by atoms with E-state index in [4.69, 9.17) is 4.42 Å². The summed E-state index contributed by atoms with van der Waals surface area (Å²) in [6.07, 6.45) is -4.31. The van der Waals surface area contributed by atoms with Crippen molar-refractivity contribution in [2.45, 2.75) is 12.6 Å². The molecule has 4 rings (SSSR count). The van der Waals surface area contributed by atoms with Crippen LogP contribution in [0.5, 0.6) is 0 Å². The van der Waals surface area contributed by atoms with Crippen molar-refractivity contribution in [3.8, 4) is 11.1 Å². The van der Waals surface area contributed by atoms with Crippen LogP contribution in [0, 0.1) is 0 Å². The highest BCUT2D eigenvalue weighted by Crippen LogP contribution is 2.32. The van der Waals surface area contributed by atoms with Gasteiger partial charge >= 0.3 is 12.1 Å². The van der Waals surface area contributed by atoms with Gasteiger partial charge in [-0.1, -0.05) is 42.5 Å². The third kappa shape index (κ3) is 3.85. The van der Waals surface area contributed by atoms with Crippen molar-refractivity contribution in [2.24, 2.45) is 0 Å². The molecule has 3 aromatic carbocycles. The van der Waals surface area contributed by atoms with Crippen LogP contribution in [-0.2, 0) is 12.6 Å². The van der Waals surface area contributed by atoms with Crippen LogP contribution < -0.4 is 0 Å². The minimum atomic E-state index is -4.42. The average Bonchev–Trinajstić information content (AvgIpc) is 3.10. The molecular weight excluding hydrogens is 383 g/mol. The molecule has 0 saturated heterocycles. The Morgan fingerprint density at radius 2 is 1.76 bits per heavy atom. The molecule has 0 atom stereocenters. The maximum atomic E-state index is 12.9. The van der Waals surface area contributed by atoms with Crippen LogP contribution in [0.4, 0.5) is 13.2 Å². The molecule has 0 bridgehead atoms. The standard InChI is InChI=1S/C22H14F3NO3/c23-22(24,25)16-7-1-4-13(10-16)11-19-26-20-17(8-3-9-18(20)29-19)14-5-2-6-15(12-14)21(27)28/h1-10,12H,11H2,(H,27,28). The number of rotatable bonds is 4. The Bertz CT molecular complexity index is 1210. The average molecular weight is 397 g/mol. The first-order chi connectivity index (χ1) is 13.8. The predicted octanol–water partition coefficient (Wildman–Crippen LogP) is 5.80. The number of aromatic carboxylic acids is 1. The molecule has 4 aromatic rings. The second kappa shape index (κ2) is 7.09. The Kier molecular flexibility index (Phi) is 4.58. The third-order valence-corrected chi connectivity index (χ3v) is 4.49. The summed E-state index contributed by atoms with van der Waals surface area (Å²) in [5, 5.41) is 9.20. The predicted molar refractivity (Wildman–Crippen MR) is 101 cm³/mol. The number of alkyl halides is 3. The second-order valence-electron chi connectivity index (χ2n) is 6.52. The zero-order valence-corrected chi connectivity index (χ0v) is 14.9. The number of carboxylic acids is 1. The van der Waals surface area contributed by atoms with Crippen molar-refractivity contribution in [3.63, 3.8) is 0 Å². The van der Waals surface area contributed by atoms with E-state index < -0.39 is 17.7 Å². The second-order valence-corrected chi connectivity index (χ2v) is 6.52. The number of carbonyl (C=O) groups is 1. The van der Waals surface area contributed by atoms with Crippen molar-refractivity contribution in [1.29, 1.82) is 0 Å². The highest BCUT2D eigenvalue weighted by Gasteiger charge is 2.30. The van der Waals surface area contributed by atoms with Crippen LogP contribution in [0.3, 0.4) is 0 Å². The van der Waals surface area contributed by atoms with Gasteiger partial charge in [0.15, 0.2) is 11.5 Å². The molecule has 4 nitrogen and oxygen atoms in total. The number of hydrogen-bond donors (Lipinski definition) is 1. The Morgan fingerprint density at radius 3 is 2.52 bits per heavy atom. The molecule has 0 amide bonds. The quantitative estimate of drug-likeness (QED) is 0.473. The van der Waals surface area contributed by atoms with Crippen LogP contribution in [0.2, 0.25) is 0 Å². The minimum Gasteiger partial charge on any atom is -0.478 e. The molecule has 0 aliphatic carbocycles. The lowest BCUT2D eigenvalue weighted by atomic mass is 10.0. The molecular formula is C22H14F3NO3. The van der Waals surface area contributed by atoms with Crippen molar-refractivity contribution in [3.05, 3.63) is 89.3 Å². The number of benzene rings is 3. The third-order valence-electron chi connectivity index (χ3n) is 4.49. The smallest absolute Gasteiger partial charge is 0.416 e. The van der Waals surface area contributed by atoms with Crippen molar-refractivity contribution < 1.29 is 27.5 Å². The molecule has 0 saturated carbocycles. The number of oxazole rings is 1. The van der Waals surface area contributed by atoms with E-state index in [0.29, 0.717) is 27.8 Å². The topological polar surface area (TPSA) is 63.3 Å². The van der Waals surface area contributed by atoms with Crippen LogP contribution in [0.25, 0.3) is 22.2 Å². The van der Waals surface area contributed by atoms with Crippen molar-refractivity contribution >= 4 is 17.1 Å².